The van der Waals surface area contributed by atoms with Crippen LogP contribution in [0.4, 0.5) is 0 Å². The predicted molar refractivity (Wildman–Crippen MR) is 140 cm³/mol. The molecule has 2 N–H and O–H groups in total. The van der Waals surface area contributed by atoms with Gasteiger partial charge in [-0.05, 0) is 54.7 Å². The fourth-order valence-corrected chi connectivity index (χ4v) is 3.44. The van der Waals surface area contributed by atoms with Gasteiger partial charge in [0, 0.05) is 30.1 Å². The zero-order valence-corrected chi connectivity index (χ0v) is 19.5. The molecule has 166 valence electrons. The number of nitrogens with zero attached hydrogens (tertiary/aromatic N) is 2. The number of pyridine rings is 1. The van der Waals surface area contributed by atoms with Gasteiger partial charge in [-0.25, -0.2) is 4.99 Å². The molecule has 4 heteroatoms. The number of hydrogen-bond donors (Lipinski definition) is 2. The van der Waals surface area contributed by atoms with E-state index in [1.54, 1.807) is 12.4 Å². The summed E-state index contributed by atoms with van der Waals surface area (Å²) < 4.78 is 0. The van der Waals surface area contributed by atoms with Crippen molar-refractivity contribution in [3.8, 4) is 11.1 Å². The second-order valence-corrected chi connectivity index (χ2v) is 7.82. The Hall–Kier alpha value is -4.05. The second kappa shape index (κ2) is 11.5. The standard InChI is InChI=1S/C29H30N4/c1-5-6-8-12-21(2)19-32-29(33-28(30)25-17-22(3)18-31-20-25)27-23(4)13-11-16-26(27)24-14-9-7-10-15-24/h5-18,20H,2,19H2,1,3-4H3,(H2,30,32,33)/b6-5-,12-8-. The van der Waals surface area contributed by atoms with Gasteiger partial charge in [-0.15, -0.1) is 0 Å². The van der Waals surface area contributed by atoms with Crippen molar-refractivity contribution in [3.05, 3.63) is 126 Å². The van der Waals surface area contributed by atoms with E-state index >= 15 is 0 Å². The summed E-state index contributed by atoms with van der Waals surface area (Å²) in [5.41, 5.74) is 6.79. The molecule has 0 unspecified atom stereocenters. The van der Waals surface area contributed by atoms with E-state index in [9.17, 15) is 0 Å². The van der Waals surface area contributed by atoms with Crippen molar-refractivity contribution < 1.29 is 0 Å². The molecule has 0 amide bonds. The van der Waals surface area contributed by atoms with Gasteiger partial charge < -0.3 is 5.32 Å². The van der Waals surface area contributed by atoms with Crippen LogP contribution >= 0.6 is 0 Å². The lowest BCUT2D eigenvalue weighted by Gasteiger charge is -2.17. The number of aryl methyl sites for hydroxylation is 2. The first kappa shape index (κ1) is 23.6. The largest absolute Gasteiger partial charge is 0.365 e. The van der Waals surface area contributed by atoms with Crippen molar-refractivity contribution in [1.29, 1.82) is 5.41 Å². The van der Waals surface area contributed by atoms with Gasteiger partial charge >= 0.3 is 0 Å². The number of allylic oxidation sites excluding steroid dienone is 3. The highest BCUT2D eigenvalue weighted by Gasteiger charge is 2.15. The van der Waals surface area contributed by atoms with Crippen LogP contribution in [0, 0.1) is 19.3 Å². The van der Waals surface area contributed by atoms with E-state index in [-0.39, 0.29) is 5.84 Å². The summed E-state index contributed by atoms with van der Waals surface area (Å²) in [5.74, 6) is 0.796. The first-order valence-corrected chi connectivity index (χ1v) is 10.9. The Balaban J connectivity index is 2.06. The molecular formula is C29H30N4. The van der Waals surface area contributed by atoms with E-state index in [0.717, 1.165) is 33.4 Å². The van der Waals surface area contributed by atoms with Gasteiger partial charge in [-0.3, -0.25) is 10.4 Å². The summed E-state index contributed by atoms with van der Waals surface area (Å²) in [4.78, 5) is 8.97. The van der Waals surface area contributed by atoms with Gasteiger partial charge in [-0.1, -0.05) is 79.4 Å². The van der Waals surface area contributed by atoms with Crippen LogP contribution in [-0.2, 0) is 0 Å². The van der Waals surface area contributed by atoms with E-state index in [0.29, 0.717) is 17.9 Å². The van der Waals surface area contributed by atoms with Crippen molar-refractivity contribution in [1.82, 2.24) is 10.3 Å². The van der Waals surface area contributed by atoms with Gasteiger partial charge in [0.25, 0.3) is 0 Å². The minimum Gasteiger partial charge on any atom is -0.365 e. The van der Waals surface area contributed by atoms with E-state index < -0.39 is 0 Å². The summed E-state index contributed by atoms with van der Waals surface area (Å²) in [6.45, 7) is 10.7. The molecule has 1 aromatic heterocycles. The summed E-state index contributed by atoms with van der Waals surface area (Å²) in [7, 11) is 0. The third kappa shape index (κ3) is 6.47. The monoisotopic (exact) mass is 434 g/mol. The van der Waals surface area contributed by atoms with Crippen LogP contribution < -0.4 is 5.32 Å². The molecule has 4 nitrogen and oxygen atoms in total. The molecule has 0 spiro atoms. The molecular weight excluding hydrogens is 404 g/mol. The van der Waals surface area contributed by atoms with Crippen LogP contribution in [0.15, 0.2) is 108 Å². The summed E-state index contributed by atoms with van der Waals surface area (Å²) in [5, 5.41) is 12.1. The quantitative estimate of drug-likeness (QED) is 0.256. The molecule has 33 heavy (non-hydrogen) atoms. The van der Waals surface area contributed by atoms with Gasteiger partial charge in [-0.2, -0.15) is 0 Å². The Kier molecular flexibility index (Phi) is 8.25. The Bertz CT molecular complexity index is 1220. The number of aromatic nitrogens is 1. The Morgan fingerprint density at radius 3 is 2.58 bits per heavy atom. The number of nitrogens with one attached hydrogen (secondary N) is 2. The summed E-state index contributed by atoms with van der Waals surface area (Å²) in [6, 6.07) is 18.4. The number of aliphatic imine (C=N–C) groups is 1. The van der Waals surface area contributed by atoms with Crippen molar-refractivity contribution in [3.63, 3.8) is 0 Å². The summed E-state index contributed by atoms with van der Waals surface area (Å²) in [6.07, 6.45) is 11.3. The van der Waals surface area contributed by atoms with E-state index in [4.69, 9.17) is 10.4 Å². The molecule has 3 aromatic rings. The Morgan fingerprint density at radius 2 is 1.85 bits per heavy atom. The fraction of sp³-hybridized carbons (Fsp3) is 0.138. The maximum atomic E-state index is 8.66. The van der Waals surface area contributed by atoms with Gasteiger partial charge in [0.15, 0.2) is 5.84 Å². The molecule has 3 rings (SSSR count). The van der Waals surface area contributed by atoms with E-state index in [1.165, 1.54) is 0 Å². The van der Waals surface area contributed by atoms with Gasteiger partial charge in [0.2, 0.25) is 0 Å². The van der Waals surface area contributed by atoms with Crippen LogP contribution in [0.1, 0.15) is 29.2 Å². The van der Waals surface area contributed by atoms with Crippen molar-refractivity contribution >= 4 is 11.7 Å². The summed E-state index contributed by atoms with van der Waals surface area (Å²) >= 11 is 0. The predicted octanol–water partition coefficient (Wildman–Crippen LogP) is 6.42. The lowest BCUT2D eigenvalue weighted by Crippen LogP contribution is -2.28. The zero-order valence-electron chi connectivity index (χ0n) is 19.5. The van der Waals surface area contributed by atoms with Crippen LogP contribution in [-0.4, -0.2) is 23.2 Å². The fourth-order valence-electron chi connectivity index (χ4n) is 3.44. The van der Waals surface area contributed by atoms with Crippen LogP contribution in [0.2, 0.25) is 0 Å². The number of amidine groups is 2. The molecule has 0 aliphatic rings. The third-order valence-electron chi connectivity index (χ3n) is 5.08. The number of benzene rings is 2. The third-order valence-corrected chi connectivity index (χ3v) is 5.08. The van der Waals surface area contributed by atoms with Gasteiger partial charge in [0.05, 0.1) is 0 Å². The maximum Gasteiger partial charge on any atom is 0.155 e. The Labute approximate surface area is 196 Å². The van der Waals surface area contributed by atoms with Crippen molar-refractivity contribution in [2.75, 3.05) is 6.54 Å². The minimum atomic E-state index is 0.158. The number of hydrogen-bond acceptors (Lipinski definition) is 2. The molecule has 0 radical (unpaired) electrons. The normalized spacial score (nSPS) is 11.8. The minimum absolute atomic E-state index is 0.158. The average molecular weight is 435 g/mol. The average Bonchev–Trinajstić information content (AvgIpc) is 2.82. The highest BCUT2D eigenvalue weighted by Crippen LogP contribution is 2.26. The van der Waals surface area contributed by atoms with Crippen molar-refractivity contribution in [2.24, 2.45) is 4.99 Å². The van der Waals surface area contributed by atoms with Crippen molar-refractivity contribution in [2.45, 2.75) is 20.8 Å². The molecule has 0 bridgehead atoms. The van der Waals surface area contributed by atoms with E-state index in [2.05, 4.69) is 48.1 Å². The van der Waals surface area contributed by atoms with Crippen LogP contribution in [0.3, 0.4) is 0 Å². The Morgan fingerprint density at radius 1 is 1.06 bits per heavy atom. The van der Waals surface area contributed by atoms with Crippen LogP contribution in [0.5, 0.6) is 0 Å². The van der Waals surface area contributed by atoms with Crippen LogP contribution in [0.25, 0.3) is 11.1 Å². The molecule has 1 heterocycles. The smallest absolute Gasteiger partial charge is 0.155 e. The highest BCUT2D eigenvalue weighted by molar-refractivity contribution is 6.13. The molecule has 0 fully saturated rings. The lowest BCUT2D eigenvalue weighted by molar-refractivity contribution is 1.01. The lowest BCUT2D eigenvalue weighted by atomic mass is 9.95. The number of rotatable bonds is 7. The molecule has 0 saturated heterocycles. The zero-order chi connectivity index (χ0) is 23.6. The molecule has 2 aromatic carbocycles. The second-order valence-electron chi connectivity index (χ2n) is 7.82. The SMILES string of the molecule is C=C(/C=C\C=C/C)CN/C(=N/C(=N)c1cncc(C)c1)c1c(C)cccc1-c1ccccc1. The molecule has 0 aliphatic heterocycles. The molecule has 0 atom stereocenters. The highest BCUT2D eigenvalue weighted by atomic mass is 15.0. The maximum absolute atomic E-state index is 8.66. The molecule has 0 aliphatic carbocycles. The van der Waals surface area contributed by atoms with Gasteiger partial charge in [0.1, 0.15) is 5.84 Å². The first-order chi connectivity index (χ1) is 16.0. The van der Waals surface area contributed by atoms with E-state index in [1.807, 2.05) is 68.5 Å². The first-order valence-electron chi connectivity index (χ1n) is 10.9. The molecule has 0 saturated carbocycles. The topological polar surface area (TPSA) is 61.1 Å².